The minimum atomic E-state index is -0.131. The van der Waals surface area contributed by atoms with Gasteiger partial charge in [-0.1, -0.05) is 18.2 Å². The van der Waals surface area contributed by atoms with Crippen molar-refractivity contribution >= 4 is 6.03 Å². The van der Waals surface area contributed by atoms with E-state index in [-0.39, 0.29) is 24.2 Å². The van der Waals surface area contributed by atoms with Crippen LogP contribution < -0.4 is 10.1 Å². The Morgan fingerprint density at radius 3 is 2.32 bits per heavy atom. The average Bonchev–Trinajstić information content (AvgIpc) is 2.61. The monoisotopic (exact) mass is 341 g/mol. The van der Waals surface area contributed by atoms with Gasteiger partial charge in [0.25, 0.3) is 0 Å². The second-order valence-electron chi connectivity index (χ2n) is 6.45. The van der Waals surface area contributed by atoms with Crippen molar-refractivity contribution in [3.8, 4) is 5.75 Å². The van der Waals surface area contributed by atoms with E-state index in [4.69, 9.17) is 4.74 Å². The number of nitrogens with zero attached hydrogens (tertiary/aromatic N) is 2. The molecule has 25 heavy (non-hydrogen) atoms. The predicted molar refractivity (Wildman–Crippen MR) is 99.6 cm³/mol. The van der Waals surface area contributed by atoms with Gasteiger partial charge >= 0.3 is 6.03 Å². The van der Waals surface area contributed by atoms with Crippen LogP contribution in [-0.2, 0) is 0 Å². The second-order valence-corrected chi connectivity index (χ2v) is 6.45. The van der Waals surface area contributed by atoms with Crippen LogP contribution in [0, 0.1) is 0 Å². The molecule has 5 heteroatoms. The molecule has 134 valence electrons. The first kappa shape index (κ1) is 18.8. The number of ether oxygens (including phenoxy) is 1. The molecule has 2 aromatic rings. The van der Waals surface area contributed by atoms with Gasteiger partial charge in [0, 0.05) is 13.2 Å². The fourth-order valence-electron chi connectivity index (χ4n) is 2.47. The normalized spacial score (nSPS) is 13.2. The van der Waals surface area contributed by atoms with Crippen molar-refractivity contribution < 1.29 is 9.53 Å². The van der Waals surface area contributed by atoms with E-state index in [1.54, 1.807) is 18.1 Å². The highest BCUT2D eigenvalue weighted by atomic mass is 16.5. The van der Waals surface area contributed by atoms with Crippen molar-refractivity contribution in [1.29, 1.82) is 0 Å². The number of carbonyl (C=O) groups is 1. The second kappa shape index (κ2) is 8.51. The van der Waals surface area contributed by atoms with Crippen LogP contribution in [-0.4, -0.2) is 29.1 Å². The lowest BCUT2D eigenvalue weighted by Crippen LogP contribution is -2.40. The highest BCUT2D eigenvalue weighted by molar-refractivity contribution is 5.74. The zero-order valence-corrected chi connectivity index (χ0v) is 15.6. The van der Waals surface area contributed by atoms with E-state index in [0.717, 1.165) is 17.0 Å². The molecule has 0 spiro atoms. The Kier molecular flexibility index (Phi) is 6.39. The fourth-order valence-corrected chi connectivity index (χ4v) is 2.47. The molecular weight excluding hydrogens is 314 g/mol. The molecule has 1 aromatic carbocycles. The third kappa shape index (κ3) is 5.21. The van der Waals surface area contributed by atoms with E-state index in [1.165, 1.54) is 0 Å². The maximum Gasteiger partial charge on any atom is 0.318 e. The van der Waals surface area contributed by atoms with Gasteiger partial charge in [0.1, 0.15) is 5.75 Å². The molecule has 0 saturated heterocycles. The van der Waals surface area contributed by atoms with Crippen LogP contribution in [0.3, 0.4) is 0 Å². The average molecular weight is 341 g/mol. The summed E-state index contributed by atoms with van der Waals surface area (Å²) in [5.74, 6) is 0.832. The van der Waals surface area contributed by atoms with Crippen molar-refractivity contribution in [2.24, 2.45) is 0 Å². The maximum atomic E-state index is 12.5. The molecule has 0 aliphatic rings. The van der Waals surface area contributed by atoms with Crippen LogP contribution in [0.2, 0.25) is 0 Å². The zero-order valence-electron chi connectivity index (χ0n) is 15.6. The van der Waals surface area contributed by atoms with Crippen LogP contribution in [0.15, 0.2) is 48.7 Å². The molecule has 2 rings (SSSR count). The van der Waals surface area contributed by atoms with Gasteiger partial charge in [-0.25, -0.2) is 4.79 Å². The summed E-state index contributed by atoms with van der Waals surface area (Å²) in [4.78, 5) is 18.5. The number of hydrogen-bond acceptors (Lipinski definition) is 3. The Morgan fingerprint density at radius 1 is 1.08 bits per heavy atom. The lowest BCUT2D eigenvalue weighted by molar-refractivity contribution is 0.190. The molecule has 0 aliphatic heterocycles. The van der Waals surface area contributed by atoms with Crippen LogP contribution in [0.1, 0.15) is 51.0 Å². The molecule has 1 heterocycles. The van der Waals surface area contributed by atoms with Crippen LogP contribution in [0.5, 0.6) is 5.75 Å². The summed E-state index contributed by atoms with van der Waals surface area (Å²) < 4.78 is 5.65. The first-order chi connectivity index (χ1) is 11.9. The quantitative estimate of drug-likeness (QED) is 0.851. The Labute approximate surface area is 150 Å². The molecule has 0 saturated carbocycles. The van der Waals surface area contributed by atoms with Gasteiger partial charge in [-0.05, 0) is 57.5 Å². The third-order valence-corrected chi connectivity index (χ3v) is 4.11. The van der Waals surface area contributed by atoms with E-state index < -0.39 is 0 Å². The summed E-state index contributed by atoms with van der Waals surface area (Å²) in [5.41, 5.74) is 1.89. The van der Waals surface area contributed by atoms with Gasteiger partial charge < -0.3 is 15.0 Å². The lowest BCUT2D eigenvalue weighted by atomic mass is 10.1. The molecule has 0 aliphatic carbocycles. The number of amides is 2. The third-order valence-electron chi connectivity index (χ3n) is 4.11. The van der Waals surface area contributed by atoms with E-state index in [2.05, 4.69) is 10.3 Å². The fraction of sp³-hybridized carbons (Fsp3) is 0.400. The number of urea groups is 1. The van der Waals surface area contributed by atoms with Crippen LogP contribution in [0.25, 0.3) is 0 Å². The summed E-state index contributed by atoms with van der Waals surface area (Å²) in [6.45, 7) is 7.92. The minimum absolute atomic E-state index is 0.0982. The first-order valence-electron chi connectivity index (χ1n) is 8.59. The maximum absolute atomic E-state index is 12.5. The summed E-state index contributed by atoms with van der Waals surface area (Å²) in [7, 11) is 1.78. The van der Waals surface area contributed by atoms with Crippen LogP contribution >= 0.6 is 0 Å². The van der Waals surface area contributed by atoms with E-state index in [1.807, 2.05) is 70.2 Å². The van der Waals surface area contributed by atoms with E-state index in [9.17, 15) is 4.79 Å². The Morgan fingerprint density at radius 2 is 1.76 bits per heavy atom. The molecule has 5 nitrogen and oxygen atoms in total. The van der Waals surface area contributed by atoms with Gasteiger partial charge in [0.15, 0.2) is 0 Å². The smallest absolute Gasteiger partial charge is 0.318 e. The molecule has 2 amide bonds. The standard InChI is InChI=1S/C20H27N3O2/c1-14(2)25-18-11-9-17(10-12-18)15(3)22-20(24)23(5)16(4)19-8-6-7-13-21-19/h6-16H,1-5H3,(H,22,24). The molecule has 1 N–H and O–H groups in total. The van der Waals surface area contributed by atoms with Crippen molar-refractivity contribution in [2.45, 2.75) is 45.9 Å². The SMILES string of the molecule is CC(C)Oc1ccc(C(C)NC(=O)N(C)C(C)c2ccccn2)cc1. The van der Waals surface area contributed by atoms with Gasteiger partial charge in [0.05, 0.1) is 23.9 Å². The van der Waals surface area contributed by atoms with E-state index in [0.29, 0.717) is 0 Å². The Balaban J connectivity index is 1.97. The molecule has 0 fully saturated rings. The number of pyridine rings is 1. The van der Waals surface area contributed by atoms with Gasteiger partial charge in [-0.15, -0.1) is 0 Å². The first-order valence-corrected chi connectivity index (χ1v) is 8.59. The number of carbonyl (C=O) groups excluding carboxylic acids is 1. The van der Waals surface area contributed by atoms with Gasteiger partial charge in [0.2, 0.25) is 0 Å². The van der Waals surface area contributed by atoms with Gasteiger partial charge in [-0.3, -0.25) is 4.98 Å². The summed E-state index contributed by atoms with van der Waals surface area (Å²) in [6, 6.07) is 13.2. The molecule has 1 aromatic heterocycles. The Hall–Kier alpha value is -2.56. The number of nitrogens with one attached hydrogen (secondary N) is 1. The highest BCUT2D eigenvalue weighted by Gasteiger charge is 2.20. The molecule has 2 unspecified atom stereocenters. The number of aromatic nitrogens is 1. The Bertz CT molecular complexity index is 671. The van der Waals surface area contributed by atoms with Crippen molar-refractivity contribution in [1.82, 2.24) is 15.2 Å². The minimum Gasteiger partial charge on any atom is -0.491 e. The summed E-state index contributed by atoms with van der Waals surface area (Å²) in [6.07, 6.45) is 1.88. The van der Waals surface area contributed by atoms with Gasteiger partial charge in [-0.2, -0.15) is 0 Å². The number of rotatable bonds is 6. The largest absolute Gasteiger partial charge is 0.491 e. The van der Waals surface area contributed by atoms with Crippen molar-refractivity contribution in [3.05, 3.63) is 59.9 Å². The molecule has 0 radical (unpaired) electrons. The molecule has 2 atom stereocenters. The highest BCUT2D eigenvalue weighted by Crippen LogP contribution is 2.20. The van der Waals surface area contributed by atoms with Crippen molar-refractivity contribution in [2.75, 3.05) is 7.05 Å². The predicted octanol–water partition coefficient (Wildman–Crippen LogP) is 4.33. The molecular formula is C20H27N3O2. The lowest BCUT2D eigenvalue weighted by Gasteiger charge is -2.26. The zero-order chi connectivity index (χ0) is 18.4. The topological polar surface area (TPSA) is 54.5 Å². The number of hydrogen-bond donors (Lipinski definition) is 1. The molecule has 0 bridgehead atoms. The summed E-state index contributed by atoms with van der Waals surface area (Å²) >= 11 is 0. The van der Waals surface area contributed by atoms with E-state index >= 15 is 0 Å². The van der Waals surface area contributed by atoms with Crippen LogP contribution in [0.4, 0.5) is 4.79 Å². The number of benzene rings is 1. The summed E-state index contributed by atoms with van der Waals surface area (Å²) in [5, 5.41) is 3.03. The van der Waals surface area contributed by atoms with Crippen molar-refractivity contribution in [3.63, 3.8) is 0 Å².